The smallest absolute Gasteiger partial charge is 0.196 e. The molecule has 146 valence electrons. The second-order valence-corrected chi connectivity index (χ2v) is 7.59. The molecule has 2 aromatic heterocycles. The minimum absolute atomic E-state index is 0.0355. The first kappa shape index (κ1) is 20.4. The molecular formula is C21H20N6OS. The van der Waals surface area contributed by atoms with Gasteiger partial charge in [0.2, 0.25) is 0 Å². The number of nitrogens with one attached hydrogen (secondary N) is 1. The molecule has 1 aromatic carbocycles. The van der Waals surface area contributed by atoms with Gasteiger partial charge >= 0.3 is 0 Å². The molecule has 2 heterocycles. The van der Waals surface area contributed by atoms with Gasteiger partial charge in [-0.1, -0.05) is 17.8 Å². The van der Waals surface area contributed by atoms with Crippen LogP contribution < -0.4 is 0 Å². The van der Waals surface area contributed by atoms with E-state index in [1.165, 1.54) is 24.2 Å². The number of aryl methyl sites for hydroxylation is 2. The summed E-state index contributed by atoms with van der Waals surface area (Å²) in [6.45, 7) is 5.55. The molecule has 0 amide bonds. The van der Waals surface area contributed by atoms with E-state index in [0.29, 0.717) is 11.0 Å². The Labute approximate surface area is 173 Å². The van der Waals surface area contributed by atoms with Crippen molar-refractivity contribution in [3.8, 4) is 23.1 Å². The standard InChI is InChI=1S/C21H20N6OS/c1-13-4-5-17(10-14(13)2)27-20(16-6-8-24-9-7-16)25-26-21(27)29-12-19(28)18(11-22)15(3)23/h4-10,18,23H,12H2,1-3H3/t18-/m0/s1. The van der Waals surface area contributed by atoms with Gasteiger partial charge in [-0.25, -0.2) is 0 Å². The predicted octanol–water partition coefficient (Wildman–Crippen LogP) is 3.79. The maximum atomic E-state index is 12.4. The summed E-state index contributed by atoms with van der Waals surface area (Å²) in [5.74, 6) is -0.663. The maximum Gasteiger partial charge on any atom is 0.196 e. The van der Waals surface area contributed by atoms with Crippen molar-refractivity contribution >= 4 is 23.3 Å². The van der Waals surface area contributed by atoms with Crippen molar-refractivity contribution in [2.75, 3.05) is 5.75 Å². The first-order valence-corrected chi connectivity index (χ1v) is 9.94. The van der Waals surface area contributed by atoms with Gasteiger partial charge in [-0.3, -0.25) is 14.3 Å². The number of thioether (sulfide) groups is 1. The van der Waals surface area contributed by atoms with Gasteiger partial charge in [0.25, 0.3) is 0 Å². The maximum absolute atomic E-state index is 12.4. The van der Waals surface area contributed by atoms with Crippen molar-refractivity contribution in [1.29, 1.82) is 10.7 Å². The number of nitriles is 1. The molecule has 0 aliphatic heterocycles. The van der Waals surface area contributed by atoms with Crippen molar-refractivity contribution in [1.82, 2.24) is 19.7 Å². The third kappa shape index (κ3) is 4.41. The Bertz CT molecular complexity index is 1100. The zero-order valence-electron chi connectivity index (χ0n) is 16.4. The van der Waals surface area contributed by atoms with Gasteiger partial charge in [-0.15, -0.1) is 10.2 Å². The lowest BCUT2D eigenvalue weighted by Crippen LogP contribution is -2.21. The molecule has 0 radical (unpaired) electrons. The monoisotopic (exact) mass is 404 g/mol. The van der Waals surface area contributed by atoms with Crippen LogP contribution in [0.4, 0.5) is 0 Å². The number of aromatic nitrogens is 4. The van der Waals surface area contributed by atoms with Crippen LogP contribution in [0.1, 0.15) is 18.1 Å². The van der Waals surface area contributed by atoms with Crippen LogP contribution in [-0.4, -0.2) is 37.0 Å². The molecule has 29 heavy (non-hydrogen) atoms. The summed E-state index contributed by atoms with van der Waals surface area (Å²) in [5.41, 5.74) is 4.10. The molecule has 0 saturated carbocycles. The van der Waals surface area contributed by atoms with E-state index in [2.05, 4.69) is 21.2 Å². The number of rotatable bonds is 7. The van der Waals surface area contributed by atoms with E-state index in [9.17, 15) is 4.79 Å². The molecule has 0 spiro atoms. The third-order valence-corrected chi connectivity index (χ3v) is 5.50. The summed E-state index contributed by atoms with van der Waals surface area (Å²) in [5, 5.41) is 25.9. The fourth-order valence-corrected chi connectivity index (χ4v) is 3.64. The molecule has 0 aliphatic rings. The van der Waals surface area contributed by atoms with Crippen molar-refractivity contribution in [2.24, 2.45) is 5.92 Å². The summed E-state index contributed by atoms with van der Waals surface area (Å²) >= 11 is 1.21. The lowest BCUT2D eigenvalue weighted by molar-refractivity contribution is -0.117. The molecule has 1 N–H and O–H groups in total. The van der Waals surface area contributed by atoms with Gasteiger partial charge in [0.15, 0.2) is 16.8 Å². The van der Waals surface area contributed by atoms with Gasteiger partial charge in [-0.2, -0.15) is 5.26 Å². The Hall–Kier alpha value is -3.31. The van der Waals surface area contributed by atoms with Crippen LogP contribution in [0.3, 0.4) is 0 Å². The van der Waals surface area contributed by atoms with E-state index in [1.807, 2.05) is 48.7 Å². The Morgan fingerprint density at radius 2 is 1.93 bits per heavy atom. The van der Waals surface area contributed by atoms with E-state index in [0.717, 1.165) is 16.8 Å². The topological polar surface area (TPSA) is 108 Å². The summed E-state index contributed by atoms with van der Waals surface area (Å²) in [6.07, 6.45) is 3.38. The highest BCUT2D eigenvalue weighted by Gasteiger charge is 2.22. The van der Waals surface area contributed by atoms with Crippen LogP contribution in [0, 0.1) is 36.5 Å². The summed E-state index contributed by atoms with van der Waals surface area (Å²) < 4.78 is 1.90. The van der Waals surface area contributed by atoms with Crippen LogP contribution in [0.5, 0.6) is 0 Å². The van der Waals surface area contributed by atoms with Crippen LogP contribution in [0.25, 0.3) is 17.1 Å². The number of nitrogens with zero attached hydrogens (tertiary/aromatic N) is 5. The fraction of sp³-hybridized carbons (Fsp3) is 0.238. The highest BCUT2D eigenvalue weighted by molar-refractivity contribution is 7.99. The highest BCUT2D eigenvalue weighted by atomic mass is 32.2. The average Bonchev–Trinajstić information content (AvgIpc) is 3.13. The minimum atomic E-state index is -1.03. The van der Waals surface area contributed by atoms with Gasteiger partial charge in [-0.05, 0) is 56.2 Å². The molecule has 0 bridgehead atoms. The molecule has 0 saturated heterocycles. The molecular weight excluding hydrogens is 384 g/mol. The van der Waals surface area contributed by atoms with Crippen LogP contribution in [-0.2, 0) is 4.79 Å². The predicted molar refractivity (Wildman–Crippen MR) is 112 cm³/mol. The second-order valence-electron chi connectivity index (χ2n) is 6.65. The second kappa shape index (κ2) is 8.80. The molecule has 3 aromatic rings. The first-order chi connectivity index (χ1) is 13.9. The fourth-order valence-electron chi connectivity index (χ4n) is 2.78. The Morgan fingerprint density at radius 1 is 1.21 bits per heavy atom. The normalized spacial score (nSPS) is 11.7. The first-order valence-electron chi connectivity index (χ1n) is 8.96. The van der Waals surface area contributed by atoms with E-state index < -0.39 is 5.92 Å². The highest BCUT2D eigenvalue weighted by Crippen LogP contribution is 2.29. The summed E-state index contributed by atoms with van der Waals surface area (Å²) in [4.78, 5) is 16.4. The van der Waals surface area contributed by atoms with Crippen LogP contribution >= 0.6 is 11.8 Å². The lowest BCUT2D eigenvalue weighted by atomic mass is 10.0. The van der Waals surface area contributed by atoms with Gasteiger partial charge < -0.3 is 5.41 Å². The Morgan fingerprint density at radius 3 is 2.55 bits per heavy atom. The average molecular weight is 404 g/mol. The van der Waals surface area contributed by atoms with Crippen LogP contribution in [0.15, 0.2) is 47.9 Å². The summed E-state index contributed by atoms with van der Waals surface area (Å²) in [7, 11) is 0. The number of carbonyl (C=O) groups is 1. The SMILES string of the molecule is CC(=N)[C@H](C#N)C(=O)CSc1nnc(-c2ccncc2)n1-c1ccc(C)c(C)c1. The van der Waals surface area contributed by atoms with E-state index in [4.69, 9.17) is 10.7 Å². The third-order valence-electron chi connectivity index (χ3n) is 4.55. The zero-order valence-corrected chi connectivity index (χ0v) is 17.2. The number of Topliss-reactive ketones (excluding diaryl/α,β-unsaturated/α-hetero) is 1. The molecule has 0 fully saturated rings. The van der Waals surface area contributed by atoms with Gasteiger partial charge in [0, 0.05) is 23.7 Å². The zero-order chi connectivity index (χ0) is 21.0. The van der Waals surface area contributed by atoms with Crippen molar-refractivity contribution in [3.05, 3.63) is 53.9 Å². The molecule has 1 atom stereocenters. The van der Waals surface area contributed by atoms with Crippen LogP contribution in [0.2, 0.25) is 0 Å². The molecule has 7 nitrogen and oxygen atoms in total. The van der Waals surface area contributed by atoms with E-state index in [1.54, 1.807) is 12.4 Å². The Kier molecular flexibility index (Phi) is 6.20. The molecule has 3 rings (SSSR count). The van der Waals surface area contributed by atoms with Gasteiger partial charge in [0.05, 0.1) is 17.5 Å². The van der Waals surface area contributed by atoms with E-state index in [-0.39, 0.29) is 17.2 Å². The number of hydrogen-bond donors (Lipinski definition) is 1. The minimum Gasteiger partial charge on any atom is -0.308 e. The lowest BCUT2D eigenvalue weighted by Gasteiger charge is -2.12. The molecule has 8 heteroatoms. The number of carbonyl (C=O) groups excluding carboxylic acids is 1. The number of hydrogen-bond acceptors (Lipinski definition) is 7. The summed E-state index contributed by atoms with van der Waals surface area (Å²) in [6, 6.07) is 11.7. The van der Waals surface area contributed by atoms with Gasteiger partial charge in [0.1, 0.15) is 5.92 Å². The van der Waals surface area contributed by atoms with E-state index >= 15 is 0 Å². The number of pyridine rings is 1. The quantitative estimate of drug-likeness (QED) is 0.474. The van der Waals surface area contributed by atoms with Crippen molar-refractivity contribution < 1.29 is 4.79 Å². The molecule has 0 aliphatic carbocycles. The Balaban J connectivity index is 2.01. The number of ketones is 1. The van der Waals surface area contributed by atoms with Crippen molar-refractivity contribution in [2.45, 2.75) is 25.9 Å². The van der Waals surface area contributed by atoms with Crippen molar-refractivity contribution in [3.63, 3.8) is 0 Å². The molecule has 0 unspecified atom stereocenters. The largest absolute Gasteiger partial charge is 0.308 e. The number of benzene rings is 1.